The molecular formula is C11H16N4O2. The van der Waals surface area contributed by atoms with Gasteiger partial charge in [0.15, 0.2) is 0 Å². The zero-order valence-corrected chi connectivity index (χ0v) is 9.48. The van der Waals surface area contributed by atoms with Crippen LogP contribution in [-0.2, 0) is 0 Å². The first kappa shape index (κ1) is 11.8. The Morgan fingerprint density at radius 1 is 1.47 bits per heavy atom. The highest BCUT2D eigenvalue weighted by molar-refractivity contribution is 5.92. The van der Waals surface area contributed by atoms with Crippen molar-refractivity contribution in [2.75, 3.05) is 0 Å². The Balaban J connectivity index is 2.01. The topological polar surface area (TPSA) is 101 Å². The number of H-pyrrole nitrogens is 1. The van der Waals surface area contributed by atoms with Gasteiger partial charge in [-0.2, -0.15) is 0 Å². The van der Waals surface area contributed by atoms with Gasteiger partial charge in [-0.1, -0.05) is 12.8 Å². The van der Waals surface area contributed by atoms with Crippen LogP contribution in [0.15, 0.2) is 17.2 Å². The SMILES string of the molecule is N[C@@H]1CCCC[C@H]1NC(=O)c1c[nH]c(=O)cn1. The highest BCUT2D eigenvalue weighted by atomic mass is 16.2. The zero-order chi connectivity index (χ0) is 12.3. The smallest absolute Gasteiger partial charge is 0.271 e. The molecule has 0 bridgehead atoms. The van der Waals surface area contributed by atoms with Crippen LogP contribution in [0.25, 0.3) is 0 Å². The number of aromatic nitrogens is 2. The molecule has 0 aromatic carbocycles. The van der Waals surface area contributed by atoms with Gasteiger partial charge in [-0.25, -0.2) is 4.98 Å². The second-order valence-corrected chi connectivity index (χ2v) is 4.32. The third-order valence-corrected chi connectivity index (χ3v) is 3.04. The Labute approximate surface area is 98.6 Å². The predicted molar refractivity (Wildman–Crippen MR) is 62.6 cm³/mol. The van der Waals surface area contributed by atoms with Crippen molar-refractivity contribution in [1.82, 2.24) is 15.3 Å². The average Bonchev–Trinajstić information content (AvgIpc) is 2.33. The van der Waals surface area contributed by atoms with E-state index in [1.54, 1.807) is 0 Å². The van der Waals surface area contributed by atoms with Gasteiger partial charge in [0.05, 0.1) is 6.20 Å². The standard InChI is InChI=1S/C11H16N4O2/c12-7-3-1-2-4-8(7)15-11(17)9-5-14-10(16)6-13-9/h5-8H,1-4,12H2,(H,14,16)(H,15,17)/t7-,8-/m1/s1. The van der Waals surface area contributed by atoms with Crippen molar-refractivity contribution in [1.29, 1.82) is 0 Å². The van der Waals surface area contributed by atoms with E-state index in [1.165, 1.54) is 6.20 Å². The van der Waals surface area contributed by atoms with Gasteiger partial charge in [0.2, 0.25) is 0 Å². The lowest BCUT2D eigenvalue weighted by molar-refractivity contribution is 0.0915. The lowest BCUT2D eigenvalue weighted by atomic mass is 9.91. The minimum Gasteiger partial charge on any atom is -0.346 e. The van der Waals surface area contributed by atoms with Crippen LogP contribution in [-0.4, -0.2) is 28.0 Å². The Kier molecular flexibility index (Phi) is 3.53. The predicted octanol–water partition coefficient (Wildman–Crippen LogP) is -0.230. The average molecular weight is 236 g/mol. The first-order valence-electron chi connectivity index (χ1n) is 5.78. The number of aromatic amines is 1. The lowest BCUT2D eigenvalue weighted by Crippen LogP contribution is -2.49. The largest absolute Gasteiger partial charge is 0.346 e. The molecular weight excluding hydrogens is 220 g/mol. The molecule has 1 aromatic rings. The van der Waals surface area contributed by atoms with Crippen LogP contribution < -0.4 is 16.6 Å². The summed E-state index contributed by atoms with van der Waals surface area (Å²) in [7, 11) is 0. The van der Waals surface area contributed by atoms with Crippen molar-refractivity contribution in [3.8, 4) is 0 Å². The molecule has 6 nitrogen and oxygen atoms in total. The van der Waals surface area contributed by atoms with Crippen LogP contribution in [0.3, 0.4) is 0 Å². The molecule has 0 aliphatic heterocycles. The van der Waals surface area contributed by atoms with Gasteiger partial charge in [-0.05, 0) is 12.8 Å². The van der Waals surface area contributed by atoms with Crippen molar-refractivity contribution >= 4 is 5.91 Å². The fourth-order valence-electron chi connectivity index (χ4n) is 2.05. The number of rotatable bonds is 2. The summed E-state index contributed by atoms with van der Waals surface area (Å²) in [5, 5.41) is 2.86. The summed E-state index contributed by atoms with van der Waals surface area (Å²) in [5.74, 6) is -0.288. The molecule has 0 spiro atoms. The van der Waals surface area contributed by atoms with Crippen molar-refractivity contribution in [3.63, 3.8) is 0 Å². The van der Waals surface area contributed by atoms with Gasteiger partial charge in [0.1, 0.15) is 5.69 Å². The number of amides is 1. The van der Waals surface area contributed by atoms with Crippen molar-refractivity contribution in [2.45, 2.75) is 37.8 Å². The minimum atomic E-state index is -0.323. The number of nitrogens with zero attached hydrogens (tertiary/aromatic N) is 1. The van der Waals surface area contributed by atoms with E-state index in [-0.39, 0.29) is 29.2 Å². The first-order valence-corrected chi connectivity index (χ1v) is 5.78. The highest BCUT2D eigenvalue weighted by Crippen LogP contribution is 2.16. The summed E-state index contributed by atoms with van der Waals surface area (Å²) in [6, 6.07) is 0.0143. The van der Waals surface area contributed by atoms with Gasteiger partial charge in [-0.15, -0.1) is 0 Å². The molecule has 1 aliphatic carbocycles. The molecule has 0 radical (unpaired) electrons. The van der Waals surface area contributed by atoms with E-state index >= 15 is 0 Å². The molecule has 1 aromatic heterocycles. The molecule has 2 atom stereocenters. The Bertz CT molecular complexity index is 437. The summed E-state index contributed by atoms with van der Waals surface area (Å²) in [6.45, 7) is 0. The first-order chi connectivity index (χ1) is 8.16. The van der Waals surface area contributed by atoms with Gasteiger partial charge in [0.25, 0.3) is 11.5 Å². The molecule has 0 saturated heterocycles. The quantitative estimate of drug-likeness (QED) is 0.660. The Morgan fingerprint density at radius 2 is 2.24 bits per heavy atom. The van der Waals surface area contributed by atoms with Crippen LogP contribution in [0, 0.1) is 0 Å². The Hall–Kier alpha value is -1.69. The molecule has 17 heavy (non-hydrogen) atoms. The molecule has 92 valence electrons. The molecule has 1 heterocycles. The van der Waals surface area contributed by atoms with E-state index in [1.807, 2.05) is 0 Å². The number of carbonyl (C=O) groups excluding carboxylic acids is 1. The summed E-state index contributed by atoms with van der Waals surface area (Å²) in [6.07, 6.45) is 6.43. The number of hydrogen-bond donors (Lipinski definition) is 3. The van der Waals surface area contributed by atoms with E-state index in [9.17, 15) is 9.59 Å². The second-order valence-electron chi connectivity index (χ2n) is 4.32. The molecule has 6 heteroatoms. The highest BCUT2D eigenvalue weighted by Gasteiger charge is 2.23. The van der Waals surface area contributed by atoms with Crippen molar-refractivity contribution < 1.29 is 4.79 Å². The van der Waals surface area contributed by atoms with Gasteiger partial charge >= 0.3 is 0 Å². The van der Waals surface area contributed by atoms with Gasteiger partial charge < -0.3 is 16.0 Å². The maximum absolute atomic E-state index is 11.8. The van der Waals surface area contributed by atoms with E-state index < -0.39 is 0 Å². The second kappa shape index (κ2) is 5.09. The van der Waals surface area contributed by atoms with Crippen LogP contribution in [0.1, 0.15) is 36.2 Å². The van der Waals surface area contributed by atoms with Gasteiger partial charge in [0, 0.05) is 18.3 Å². The van der Waals surface area contributed by atoms with Crippen LogP contribution in [0.5, 0.6) is 0 Å². The summed E-state index contributed by atoms with van der Waals surface area (Å²) in [4.78, 5) is 28.8. The van der Waals surface area contributed by atoms with Crippen LogP contribution in [0.4, 0.5) is 0 Å². The van der Waals surface area contributed by atoms with Crippen LogP contribution >= 0.6 is 0 Å². The number of nitrogens with one attached hydrogen (secondary N) is 2. The van der Waals surface area contributed by atoms with E-state index in [4.69, 9.17) is 5.73 Å². The number of hydrogen-bond acceptors (Lipinski definition) is 4. The normalized spacial score (nSPS) is 24.3. The minimum absolute atomic E-state index is 0.00461. The molecule has 1 amide bonds. The number of nitrogens with two attached hydrogens (primary N) is 1. The number of carbonyl (C=O) groups is 1. The molecule has 1 aliphatic rings. The Morgan fingerprint density at radius 3 is 2.88 bits per heavy atom. The van der Waals surface area contributed by atoms with Crippen LogP contribution in [0.2, 0.25) is 0 Å². The van der Waals surface area contributed by atoms with E-state index in [2.05, 4.69) is 15.3 Å². The molecule has 2 rings (SSSR count). The van der Waals surface area contributed by atoms with E-state index in [0.717, 1.165) is 31.9 Å². The lowest BCUT2D eigenvalue weighted by Gasteiger charge is -2.29. The van der Waals surface area contributed by atoms with E-state index in [0.29, 0.717) is 0 Å². The molecule has 1 fully saturated rings. The third kappa shape index (κ3) is 2.91. The van der Waals surface area contributed by atoms with Gasteiger partial charge in [-0.3, -0.25) is 9.59 Å². The fourth-order valence-corrected chi connectivity index (χ4v) is 2.05. The third-order valence-electron chi connectivity index (χ3n) is 3.04. The molecule has 4 N–H and O–H groups in total. The zero-order valence-electron chi connectivity index (χ0n) is 9.48. The molecule has 1 saturated carbocycles. The fraction of sp³-hybridized carbons (Fsp3) is 0.545. The monoisotopic (exact) mass is 236 g/mol. The summed E-state index contributed by atoms with van der Waals surface area (Å²) in [5.41, 5.74) is 5.82. The van der Waals surface area contributed by atoms with Crippen molar-refractivity contribution in [3.05, 3.63) is 28.4 Å². The summed E-state index contributed by atoms with van der Waals surface area (Å²) >= 11 is 0. The molecule has 0 unspecified atom stereocenters. The maximum atomic E-state index is 11.8. The summed E-state index contributed by atoms with van der Waals surface area (Å²) < 4.78 is 0. The maximum Gasteiger partial charge on any atom is 0.271 e. The van der Waals surface area contributed by atoms with Crippen molar-refractivity contribution in [2.24, 2.45) is 5.73 Å².